The molecule has 0 radical (unpaired) electrons. The largest absolute Gasteiger partial charge is 0.418 e. The molecule has 0 aliphatic carbocycles. The summed E-state index contributed by atoms with van der Waals surface area (Å²) in [5, 5.41) is 10.2. The predicted molar refractivity (Wildman–Crippen MR) is 101 cm³/mol. The molecule has 0 aromatic rings. The topological polar surface area (TPSA) is 49.8 Å². The quantitative estimate of drug-likeness (QED) is 0.316. The van der Waals surface area contributed by atoms with Crippen LogP contribution in [0.3, 0.4) is 0 Å². The summed E-state index contributed by atoms with van der Waals surface area (Å²) in [4.78, 5) is 13.7. The van der Waals surface area contributed by atoms with Crippen molar-refractivity contribution < 1.29 is 14.6 Å². The average molecular weight is 340 g/mol. The maximum absolute atomic E-state index is 12.1. The van der Waals surface area contributed by atoms with E-state index in [1.54, 1.807) is 11.0 Å². The second kappa shape index (κ2) is 13.1. The molecule has 0 bridgehead atoms. The second-order valence-electron chi connectivity index (χ2n) is 6.90. The van der Waals surface area contributed by atoms with Gasteiger partial charge in [-0.25, -0.2) is 4.79 Å². The summed E-state index contributed by atoms with van der Waals surface area (Å²) in [5.74, 6) is -0.0319. The van der Waals surface area contributed by atoms with E-state index in [1.807, 2.05) is 34.6 Å². The number of rotatable bonds is 11. The van der Waals surface area contributed by atoms with Crippen molar-refractivity contribution in [1.82, 2.24) is 4.90 Å². The van der Waals surface area contributed by atoms with E-state index >= 15 is 0 Å². The minimum absolute atomic E-state index is 0.0319. The van der Waals surface area contributed by atoms with Crippen LogP contribution >= 0.6 is 0 Å². The van der Waals surface area contributed by atoms with Crippen molar-refractivity contribution in [1.29, 1.82) is 0 Å². The summed E-state index contributed by atoms with van der Waals surface area (Å²) in [6.07, 6.45) is 11.8. The average Bonchev–Trinajstić information content (AvgIpc) is 2.49. The molecular weight excluding hydrogens is 302 g/mol. The molecule has 0 fully saturated rings. The zero-order valence-electron chi connectivity index (χ0n) is 16.4. The summed E-state index contributed by atoms with van der Waals surface area (Å²) < 4.78 is 5.20. The number of aliphatic hydroxyl groups is 1. The van der Waals surface area contributed by atoms with Crippen molar-refractivity contribution in [2.24, 2.45) is 5.92 Å². The van der Waals surface area contributed by atoms with Crippen LogP contribution < -0.4 is 0 Å². The smallest absolute Gasteiger partial charge is 0.415 e. The minimum Gasteiger partial charge on any atom is -0.418 e. The van der Waals surface area contributed by atoms with Gasteiger partial charge in [-0.3, -0.25) is 0 Å². The number of unbranched alkanes of at least 4 members (excludes halogenated alkanes) is 2. The van der Waals surface area contributed by atoms with Gasteiger partial charge in [0.25, 0.3) is 0 Å². The molecule has 0 unspecified atom stereocenters. The highest BCUT2D eigenvalue weighted by Gasteiger charge is 2.21. The van der Waals surface area contributed by atoms with Crippen molar-refractivity contribution in [2.45, 2.75) is 91.8 Å². The third-order valence-corrected chi connectivity index (χ3v) is 4.00. The van der Waals surface area contributed by atoms with Gasteiger partial charge in [-0.2, -0.15) is 0 Å². The van der Waals surface area contributed by atoms with E-state index in [0.29, 0.717) is 0 Å². The van der Waals surface area contributed by atoms with Crippen molar-refractivity contribution in [3.05, 3.63) is 24.5 Å². The Kier molecular flexibility index (Phi) is 12.4. The highest BCUT2D eigenvalue weighted by atomic mass is 16.5. The number of aliphatic hydroxyl groups excluding tert-OH is 1. The molecule has 1 N–H and O–H groups in total. The maximum Gasteiger partial charge on any atom is 0.415 e. The van der Waals surface area contributed by atoms with Gasteiger partial charge in [-0.05, 0) is 59.5 Å². The van der Waals surface area contributed by atoms with E-state index in [2.05, 4.69) is 19.1 Å². The standard InChI is InChI=1S/C20H37NO3/c1-7-8-9-10-11-12-13-19(22)18(6)14-15-24-20(23)21(16(2)3)17(4)5/h8-9,14-19,22H,7,10-13H2,1-6H3/b9-8+,15-14+/t18-,19+/m0/s1. The van der Waals surface area contributed by atoms with Crippen LogP contribution in [-0.2, 0) is 4.74 Å². The number of hydrogen-bond acceptors (Lipinski definition) is 3. The van der Waals surface area contributed by atoms with Gasteiger partial charge in [0.1, 0.15) is 0 Å². The Bertz CT molecular complexity index is 380. The first-order valence-electron chi connectivity index (χ1n) is 9.29. The summed E-state index contributed by atoms with van der Waals surface area (Å²) >= 11 is 0. The zero-order chi connectivity index (χ0) is 18.5. The summed E-state index contributed by atoms with van der Waals surface area (Å²) in [7, 11) is 0. The van der Waals surface area contributed by atoms with Crippen LogP contribution in [0.15, 0.2) is 24.5 Å². The van der Waals surface area contributed by atoms with Crippen LogP contribution in [0.25, 0.3) is 0 Å². The SMILES string of the molecule is CC/C=C/CCCC[C@@H](O)[C@@H](C)/C=C/OC(=O)N(C(C)C)C(C)C. The van der Waals surface area contributed by atoms with Gasteiger partial charge < -0.3 is 14.7 Å². The van der Waals surface area contributed by atoms with Crippen molar-refractivity contribution in [3.8, 4) is 0 Å². The molecule has 0 saturated heterocycles. The first-order valence-corrected chi connectivity index (χ1v) is 9.29. The molecule has 0 aliphatic heterocycles. The Morgan fingerprint density at radius 1 is 1.08 bits per heavy atom. The lowest BCUT2D eigenvalue weighted by Gasteiger charge is -2.29. The third-order valence-electron chi connectivity index (χ3n) is 4.00. The van der Waals surface area contributed by atoms with E-state index in [4.69, 9.17) is 4.74 Å². The molecule has 24 heavy (non-hydrogen) atoms. The van der Waals surface area contributed by atoms with E-state index in [0.717, 1.165) is 32.1 Å². The Hall–Kier alpha value is -1.29. The second-order valence-corrected chi connectivity index (χ2v) is 6.90. The number of ether oxygens (including phenoxy) is 1. The molecule has 0 aliphatic rings. The number of nitrogens with zero attached hydrogens (tertiary/aromatic N) is 1. The monoisotopic (exact) mass is 339 g/mol. The van der Waals surface area contributed by atoms with Gasteiger partial charge in [0, 0.05) is 18.0 Å². The van der Waals surface area contributed by atoms with Crippen LogP contribution in [-0.4, -0.2) is 34.3 Å². The molecule has 0 heterocycles. The highest BCUT2D eigenvalue weighted by Crippen LogP contribution is 2.14. The fourth-order valence-corrected chi connectivity index (χ4v) is 2.59. The molecule has 0 aromatic heterocycles. The predicted octanol–water partition coefficient (Wildman–Crippen LogP) is 5.28. The third kappa shape index (κ3) is 9.76. The Morgan fingerprint density at radius 3 is 2.25 bits per heavy atom. The number of allylic oxidation sites excluding steroid dienone is 2. The Balaban J connectivity index is 4.15. The van der Waals surface area contributed by atoms with E-state index in [-0.39, 0.29) is 24.1 Å². The van der Waals surface area contributed by atoms with E-state index in [9.17, 15) is 9.90 Å². The fraction of sp³-hybridized carbons (Fsp3) is 0.750. The number of amides is 1. The molecule has 2 atom stereocenters. The molecule has 0 rings (SSSR count). The van der Waals surface area contributed by atoms with Crippen LogP contribution in [0, 0.1) is 5.92 Å². The zero-order valence-corrected chi connectivity index (χ0v) is 16.4. The van der Waals surface area contributed by atoms with E-state index < -0.39 is 6.10 Å². The Morgan fingerprint density at radius 2 is 1.71 bits per heavy atom. The number of carbonyl (C=O) groups excluding carboxylic acids is 1. The van der Waals surface area contributed by atoms with Crippen molar-refractivity contribution in [3.63, 3.8) is 0 Å². The molecule has 4 nitrogen and oxygen atoms in total. The van der Waals surface area contributed by atoms with Gasteiger partial charge in [0.2, 0.25) is 0 Å². The summed E-state index contributed by atoms with van der Waals surface area (Å²) in [6, 6.07) is 0.186. The minimum atomic E-state index is -0.401. The molecule has 1 amide bonds. The molecule has 0 aromatic carbocycles. The first-order chi connectivity index (χ1) is 11.3. The number of carbonyl (C=O) groups is 1. The van der Waals surface area contributed by atoms with Gasteiger partial charge in [-0.15, -0.1) is 0 Å². The lowest BCUT2D eigenvalue weighted by Crippen LogP contribution is -2.41. The first kappa shape index (κ1) is 22.7. The fourth-order valence-electron chi connectivity index (χ4n) is 2.59. The van der Waals surface area contributed by atoms with Crippen molar-refractivity contribution in [2.75, 3.05) is 0 Å². The maximum atomic E-state index is 12.1. The lowest BCUT2D eigenvalue weighted by atomic mass is 9.99. The van der Waals surface area contributed by atoms with E-state index in [1.165, 1.54) is 6.26 Å². The summed E-state index contributed by atoms with van der Waals surface area (Å²) in [5.41, 5.74) is 0. The molecular formula is C20H37NO3. The van der Waals surface area contributed by atoms with Gasteiger partial charge in [0.05, 0.1) is 12.4 Å². The molecule has 140 valence electrons. The van der Waals surface area contributed by atoms with Crippen LogP contribution in [0.1, 0.15) is 73.6 Å². The number of hydrogen-bond donors (Lipinski definition) is 1. The van der Waals surface area contributed by atoms with Crippen molar-refractivity contribution >= 4 is 6.09 Å². The van der Waals surface area contributed by atoms with Crippen LogP contribution in [0.2, 0.25) is 0 Å². The Labute approximate surface area is 148 Å². The van der Waals surface area contributed by atoms with Crippen LogP contribution in [0.4, 0.5) is 4.79 Å². The molecule has 0 spiro atoms. The van der Waals surface area contributed by atoms with Crippen LogP contribution in [0.5, 0.6) is 0 Å². The molecule has 4 heteroatoms. The van der Waals surface area contributed by atoms with Gasteiger partial charge in [-0.1, -0.05) is 32.4 Å². The van der Waals surface area contributed by atoms with Gasteiger partial charge in [0.15, 0.2) is 0 Å². The van der Waals surface area contributed by atoms with Gasteiger partial charge >= 0.3 is 6.09 Å². The highest BCUT2D eigenvalue weighted by molar-refractivity contribution is 5.68. The lowest BCUT2D eigenvalue weighted by molar-refractivity contribution is 0.105. The molecule has 0 saturated carbocycles. The summed E-state index contributed by atoms with van der Waals surface area (Å²) in [6.45, 7) is 11.9. The normalized spacial score (nSPS) is 14.7.